The molecule has 8 bridgehead atoms. The van der Waals surface area contributed by atoms with Crippen LogP contribution in [0.5, 0.6) is 11.5 Å². The van der Waals surface area contributed by atoms with E-state index in [1.54, 1.807) is 6.07 Å². The molecule has 42 heavy (non-hydrogen) atoms. The van der Waals surface area contributed by atoms with Crippen molar-refractivity contribution in [3.63, 3.8) is 0 Å². The number of hydrogen-bond donors (Lipinski definition) is 2. The van der Waals surface area contributed by atoms with E-state index < -0.39 is 0 Å². The Labute approximate surface area is 246 Å². The van der Waals surface area contributed by atoms with Crippen LogP contribution in [0.25, 0.3) is 21.9 Å². The second-order valence-corrected chi connectivity index (χ2v) is 14.6. The van der Waals surface area contributed by atoms with Crippen LogP contribution in [0.3, 0.4) is 0 Å². The van der Waals surface area contributed by atoms with Gasteiger partial charge in [0.25, 0.3) is 0 Å². The second kappa shape index (κ2) is 8.57. The van der Waals surface area contributed by atoms with Gasteiger partial charge >= 0.3 is 0 Å². The molecule has 8 heterocycles. The first kappa shape index (κ1) is 24.5. The Hall–Kier alpha value is -2.96. The fourth-order valence-electron chi connectivity index (χ4n) is 11.4. The van der Waals surface area contributed by atoms with Crippen LogP contribution in [0, 0.1) is 23.7 Å². The average Bonchev–Trinajstić information content (AvgIpc) is 3.48. The summed E-state index contributed by atoms with van der Waals surface area (Å²) in [5, 5.41) is 23.0. The maximum absolute atomic E-state index is 10.4. The van der Waals surface area contributed by atoms with Crippen LogP contribution < -0.4 is 0 Å². The number of aromatic hydroxyl groups is 2. The van der Waals surface area contributed by atoms with Crippen LogP contribution in [-0.4, -0.2) is 57.8 Å². The lowest BCUT2D eigenvalue weighted by molar-refractivity contribution is -0.101. The highest BCUT2D eigenvalue weighted by Gasteiger charge is 2.59. The molecule has 2 aromatic carbocycles. The molecule has 2 aliphatic carbocycles. The van der Waals surface area contributed by atoms with Gasteiger partial charge in [0.1, 0.15) is 34.2 Å². The van der Waals surface area contributed by atoms with Crippen LogP contribution in [0.4, 0.5) is 0 Å². The molecule has 0 amide bonds. The van der Waals surface area contributed by atoms with Gasteiger partial charge in [-0.1, -0.05) is 13.3 Å². The summed E-state index contributed by atoms with van der Waals surface area (Å²) in [5.41, 5.74) is 4.53. The smallest absolute Gasteiger partial charge is 0.138 e. The van der Waals surface area contributed by atoms with Crippen LogP contribution in [0.1, 0.15) is 73.5 Å². The maximum Gasteiger partial charge on any atom is 0.138 e. The Bertz CT molecular complexity index is 1740. The summed E-state index contributed by atoms with van der Waals surface area (Å²) in [6.45, 7) is 5.90. The predicted octanol–water partition coefficient (Wildman–Crippen LogP) is 6.77. The lowest BCUT2D eigenvalue weighted by atomic mass is 9.59. The van der Waals surface area contributed by atoms with Crippen molar-refractivity contribution in [1.29, 1.82) is 0 Å². The monoisotopic (exact) mass is 564 g/mol. The van der Waals surface area contributed by atoms with Crippen molar-refractivity contribution in [2.45, 2.75) is 81.8 Å². The van der Waals surface area contributed by atoms with E-state index in [0.29, 0.717) is 53.5 Å². The van der Waals surface area contributed by atoms with Crippen molar-refractivity contribution in [1.82, 2.24) is 9.80 Å². The summed E-state index contributed by atoms with van der Waals surface area (Å²) < 4.78 is 13.6. The van der Waals surface area contributed by atoms with Gasteiger partial charge in [-0.05, 0) is 92.5 Å². The van der Waals surface area contributed by atoms with Crippen LogP contribution >= 0.6 is 0 Å². The molecule has 218 valence electrons. The molecule has 2 saturated carbocycles. The molecule has 2 aromatic heterocycles. The van der Waals surface area contributed by atoms with Crippen molar-refractivity contribution < 1.29 is 19.0 Å². The number of piperidine rings is 4. The third kappa shape index (κ3) is 3.18. The zero-order valence-corrected chi connectivity index (χ0v) is 24.3. The second-order valence-electron chi connectivity index (χ2n) is 14.6. The average molecular weight is 565 g/mol. The molecular formula is C36H40N2O4. The number of rotatable bonds is 2. The first-order valence-electron chi connectivity index (χ1n) is 16.5. The predicted molar refractivity (Wildman–Crippen MR) is 161 cm³/mol. The van der Waals surface area contributed by atoms with Crippen molar-refractivity contribution in [3.05, 3.63) is 59.0 Å². The van der Waals surface area contributed by atoms with Crippen molar-refractivity contribution in [3.8, 4) is 11.5 Å². The molecule has 8 aliphatic rings. The number of fused-ring (bicyclic) bond motifs is 8. The number of nitrogens with zero attached hydrogens (tertiary/aromatic N) is 2. The number of benzene rings is 2. The minimum absolute atomic E-state index is 0.285. The van der Waals surface area contributed by atoms with Crippen molar-refractivity contribution >= 4 is 21.9 Å². The van der Waals surface area contributed by atoms with Crippen molar-refractivity contribution in [2.75, 3.05) is 19.6 Å². The summed E-state index contributed by atoms with van der Waals surface area (Å²) >= 11 is 0. The largest absolute Gasteiger partial charge is 0.508 e. The zero-order valence-electron chi connectivity index (χ0n) is 24.3. The summed E-state index contributed by atoms with van der Waals surface area (Å²) in [7, 11) is 0. The van der Waals surface area contributed by atoms with Crippen LogP contribution in [0.2, 0.25) is 0 Å². The summed E-state index contributed by atoms with van der Waals surface area (Å²) in [4.78, 5) is 5.80. The quantitative estimate of drug-likeness (QED) is 0.280. The van der Waals surface area contributed by atoms with Gasteiger partial charge in [0, 0.05) is 77.6 Å². The Morgan fingerprint density at radius 1 is 0.857 bits per heavy atom. The number of furan rings is 2. The Kier molecular flexibility index (Phi) is 4.99. The third-order valence-electron chi connectivity index (χ3n) is 12.8. The molecule has 6 aliphatic heterocycles. The van der Waals surface area contributed by atoms with E-state index in [-0.39, 0.29) is 5.75 Å². The molecule has 2 N–H and O–H groups in total. The lowest BCUT2D eigenvalue weighted by Gasteiger charge is -2.60. The minimum atomic E-state index is 0.285. The normalized spacial score (nSPS) is 39.7. The Morgan fingerprint density at radius 2 is 1.71 bits per heavy atom. The number of phenolic OH excluding ortho intramolecular Hbond substituents is 2. The molecule has 4 aromatic rings. The lowest BCUT2D eigenvalue weighted by Crippen LogP contribution is -2.65. The number of phenols is 2. The highest BCUT2D eigenvalue weighted by atomic mass is 16.3. The third-order valence-corrected chi connectivity index (χ3v) is 12.8. The SMILES string of the molecule is CCC1CC2CC3c4oc5cc(O)ccc5c4CC(C4C5CCC6C4c4oc7ccc(O)cc7c4CCN6C5)N(C2)C13. The summed E-state index contributed by atoms with van der Waals surface area (Å²) in [6.07, 6.45) is 8.39. The molecule has 12 rings (SSSR count). The maximum atomic E-state index is 10.4. The van der Waals surface area contributed by atoms with Gasteiger partial charge < -0.3 is 19.0 Å². The molecule has 0 radical (unpaired) electrons. The van der Waals surface area contributed by atoms with Gasteiger partial charge in [0.2, 0.25) is 0 Å². The van der Waals surface area contributed by atoms with Gasteiger partial charge in [-0.15, -0.1) is 0 Å². The van der Waals surface area contributed by atoms with Crippen LogP contribution in [0.15, 0.2) is 45.2 Å². The molecule has 4 saturated heterocycles. The molecule has 6 nitrogen and oxygen atoms in total. The summed E-state index contributed by atoms with van der Waals surface area (Å²) in [5.74, 6) is 6.46. The first-order chi connectivity index (χ1) is 20.6. The van der Waals surface area contributed by atoms with Gasteiger partial charge in [-0.25, -0.2) is 0 Å². The fraction of sp³-hybridized carbons (Fsp3) is 0.556. The van der Waals surface area contributed by atoms with Gasteiger partial charge in [0.05, 0.1) is 0 Å². The first-order valence-corrected chi connectivity index (χ1v) is 16.5. The molecule has 6 fully saturated rings. The standard InChI is InChI=1S/C36H40N2O4/c1-2-19-11-18-12-27-34(19)38(16-18)29(15-26-23-6-4-22(40)14-31(23)42-35(26)27)32-20-3-7-28-33(32)36-24(9-10-37(28)17-20)25-13-21(39)5-8-30(25)41-36/h4-6,8,13-14,18-20,27-29,32-34,39-40H,2-3,7,9-12,15-17H2,1H3. The fourth-order valence-corrected chi connectivity index (χ4v) is 11.4. The van der Waals surface area contributed by atoms with E-state index in [9.17, 15) is 10.2 Å². The van der Waals surface area contributed by atoms with E-state index in [1.807, 2.05) is 24.3 Å². The van der Waals surface area contributed by atoms with E-state index in [4.69, 9.17) is 8.83 Å². The number of hydrogen-bond acceptors (Lipinski definition) is 6. The van der Waals surface area contributed by atoms with E-state index >= 15 is 0 Å². The van der Waals surface area contributed by atoms with Gasteiger partial charge in [-0.3, -0.25) is 9.80 Å². The van der Waals surface area contributed by atoms with E-state index in [0.717, 1.165) is 41.9 Å². The Balaban J connectivity index is 1.18. The molecule has 11 unspecified atom stereocenters. The van der Waals surface area contributed by atoms with E-state index in [2.05, 4.69) is 22.8 Å². The highest BCUT2D eigenvalue weighted by Crippen LogP contribution is 2.59. The van der Waals surface area contributed by atoms with Gasteiger partial charge in [-0.2, -0.15) is 0 Å². The molecular weight excluding hydrogens is 524 g/mol. The molecule has 6 heteroatoms. The van der Waals surface area contributed by atoms with Gasteiger partial charge in [0.15, 0.2) is 0 Å². The van der Waals surface area contributed by atoms with Crippen molar-refractivity contribution in [2.24, 2.45) is 23.7 Å². The van der Waals surface area contributed by atoms with Crippen LogP contribution in [-0.2, 0) is 12.8 Å². The summed E-state index contributed by atoms with van der Waals surface area (Å²) in [6, 6.07) is 12.9. The topological polar surface area (TPSA) is 73.2 Å². The van der Waals surface area contributed by atoms with E-state index in [1.165, 1.54) is 73.2 Å². The minimum Gasteiger partial charge on any atom is -0.508 e. The molecule has 0 spiro atoms. The zero-order chi connectivity index (χ0) is 27.9. The molecule has 11 atom stereocenters. The highest BCUT2D eigenvalue weighted by molar-refractivity contribution is 5.85. The Morgan fingerprint density at radius 3 is 2.62 bits per heavy atom.